The van der Waals surface area contributed by atoms with E-state index in [2.05, 4.69) is 39.4 Å². The highest BCUT2D eigenvalue weighted by Gasteiger charge is 2.46. The number of anilines is 1. The van der Waals surface area contributed by atoms with Gasteiger partial charge in [0.1, 0.15) is 12.2 Å². The van der Waals surface area contributed by atoms with Gasteiger partial charge in [-0.05, 0) is 17.5 Å². The van der Waals surface area contributed by atoms with Crippen LogP contribution in [0.15, 0.2) is 24.3 Å². The maximum atomic E-state index is 6.19. The summed E-state index contributed by atoms with van der Waals surface area (Å²) in [6.07, 6.45) is 0.983. The Morgan fingerprint density at radius 3 is 3.05 bits per heavy atom. The summed E-state index contributed by atoms with van der Waals surface area (Å²) >= 11 is 0. The maximum Gasteiger partial charge on any atom is 0.227 e. The van der Waals surface area contributed by atoms with Gasteiger partial charge in [0.15, 0.2) is 5.82 Å². The third-order valence-corrected chi connectivity index (χ3v) is 4.74. The molecule has 1 aromatic heterocycles. The lowest BCUT2D eigenvalue weighted by atomic mass is 9.92. The predicted molar refractivity (Wildman–Crippen MR) is 81.5 cm³/mol. The van der Waals surface area contributed by atoms with Crippen LogP contribution in [0.4, 0.5) is 5.95 Å². The van der Waals surface area contributed by atoms with E-state index in [1.807, 2.05) is 11.6 Å². The number of benzene rings is 1. The van der Waals surface area contributed by atoms with E-state index in [0.29, 0.717) is 13.2 Å². The van der Waals surface area contributed by atoms with Gasteiger partial charge in [0.2, 0.25) is 5.95 Å². The van der Waals surface area contributed by atoms with Crippen molar-refractivity contribution in [2.75, 3.05) is 25.1 Å². The van der Waals surface area contributed by atoms with E-state index in [1.165, 1.54) is 11.1 Å². The topological polar surface area (TPSA) is 52.4 Å². The molecule has 2 aliphatic rings. The van der Waals surface area contributed by atoms with Crippen molar-refractivity contribution in [1.82, 2.24) is 14.8 Å². The minimum Gasteiger partial charge on any atom is -0.377 e. The van der Waals surface area contributed by atoms with Crippen molar-refractivity contribution in [1.29, 1.82) is 0 Å². The number of rotatable bonds is 3. The third-order valence-electron chi connectivity index (χ3n) is 4.74. The molecule has 1 aromatic carbocycles. The molecule has 22 heavy (non-hydrogen) atoms. The summed E-state index contributed by atoms with van der Waals surface area (Å²) in [5, 5.41) is 8.55. The predicted octanol–water partition coefficient (Wildman–Crippen LogP) is 1.60. The molecule has 6 heteroatoms. The van der Waals surface area contributed by atoms with Crippen LogP contribution in [-0.2, 0) is 35.3 Å². The van der Waals surface area contributed by atoms with Gasteiger partial charge in [-0.25, -0.2) is 0 Å². The highest BCUT2D eigenvalue weighted by atomic mass is 16.5. The number of hydrogen-bond donors (Lipinski definition) is 0. The second kappa shape index (κ2) is 5.07. The molecule has 1 saturated heterocycles. The minimum absolute atomic E-state index is 0.191. The Labute approximate surface area is 129 Å². The quantitative estimate of drug-likeness (QED) is 0.862. The highest BCUT2D eigenvalue weighted by Crippen LogP contribution is 2.44. The van der Waals surface area contributed by atoms with Gasteiger partial charge in [0.05, 0.1) is 13.2 Å². The van der Waals surface area contributed by atoms with E-state index < -0.39 is 0 Å². The summed E-state index contributed by atoms with van der Waals surface area (Å²) in [5.41, 5.74) is 2.45. The first-order chi connectivity index (χ1) is 10.7. The zero-order chi connectivity index (χ0) is 15.2. The lowest BCUT2D eigenvalue weighted by Crippen LogP contribution is -2.31. The fourth-order valence-electron chi connectivity index (χ4n) is 3.56. The Kier molecular flexibility index (Phi) is 3.16. The number of fused-ring (bicyclic) bond motifs is 2. The molecule has 0 amide bonds. The van der Waals surface area contributed by atoms with Gasteiger partial charge in [0.25, 0.3) is 0 Å². The molecule has 0 radical (unpaired) electrons. The van der Waals surface area contributed by atoms with E-state index in [-0.39, 0.29) is 5.60 Å². The second-order valence-corrected chi connectivity index (χ2v) is 6.02. The Morgan fingerprint density at radius 1 is 1.32 bits per heavy atom. The van der Waals surface area contributed by atoms with Crippen molar-refractivity contribution in [2.45, 2.75) is 25.2 Å². The molecular weight excluding hydrogens is 280 g/mol. The molecule has 116 valence electrons. The van der Waals surface area contributed by atoms with Crippen LogP contribution in [0.1, 0.15) is 23.4 Å². The van der Waals surface area contributed by atoms with Crippen molar-refractivity contribution in [2.24, 2.45) is 7.05 Å². The molecular formula is C16H20N4O2. The summed E-state index contributed by atoms with van der Waals surface area (Å²) in [6, 6.07) is 8.52. The largest absolute Gasteiger partial charge is 0.377 e. The van der Waals surface area contributed by atoms with Gasteiger partial charge in [-0.3, -0.25) is 4.57 Å². The van der Waals surface area contributed by atoms with Crippen LogP contribution in [0.5, 0.6) is 0 Å². The average Bonchev–Trinajstić information content (AvgIpc) is 3.22. The fourth-order valence-corrected chi connectivity index (χ4v) is 3.56. The van der Waals surface area contributed by atoms with Gasteiger partial charge in [-0.1, -0.05) is 24.3 Å². The maximum absolute atomic E-state index is 6.19. The summed E-state index contributed by atoms with van der Waals surface area (Å²) in [4.78, 5) is 2.26. The van der Waals surface area contributed by atoms with Crippen molar-refractivity contribution >= 4 is 5.95 Å². The standard InChI is InChI=1S/C16H20N4O2/c1-19-14(10-21-2)17-18-15(19)20-8-7-16(11-20)13-6-4-3-5-12(13)9-22-16/h3-6H,7-11H2,1-2H3. The molecule has 4 rings (SSSR count). The van der Waals surface area contributed by atoms with E-state index >= 15 is 0 Å². The highest BCUT2D eigenvalue weighted by molar-refractivity contribution is 5.42. The van der Waals surface area contributed by atoms with Gasteiger partial charge in [-0.2, -0.15) is 0 Å². The zero-order valence-electron chi connectivity index (χ0n) is 13.0. The lowest BCUT2D eigenvalue weighted by molar-refractivity contribution is -0.0205. The molecule has 1 atom stereocenters. The van der Waals surface area contributed by atoms with E-state index in [0.717, 1.165) is 31.3 Å². The van der Waals surface area contributed by atoms with Crippen molar-refractivity contribution < 1.29 is 9.47 Å². The SMILES string of the molecule is COCc1nnc(N2CCC3(C2)OCc2ccccc23)n1C. The number of nitrogens with zero attached hydrogens (tertiary/aromatic N) is 4. The summed E-state index contributed by atoms with van der Waals surface area (Å²) in [7, 11) is 3.65. The van der Waals surface area contributed by atoms with Crippen LogP contribution < -0.4 is 4.90 Å². The molecule has 0 N–H and O–H groups in total. The first-order valence-corrected chi connectivity index (χ1v) is 7.58. The van der Waals surface area contributed by atoms with E-state index in [4.69, 9.17) is 9.47 Å². The Morgan fingerprint density at radius 2 is 2.18 bits per heavy atom. The fraction of sp³-hybridized carbons (Fsp3) is 0.500. The Balaban J connectivity index is 1.61. The molecule has 0 aliphatic carbocycles. The number of hydrogen-bond acceptors (Lipinski definition) is 5. The minimum atomic E-state index is -0.191. The van der Waals surface area contributed by atoms with Crippen molar-refractivity contribution in [3.63, 3.8) is 0 Å². The lowest BCUT2D eigenvalue weighted by Gasteiger charge is -2.25. The van der Waals surface area contributed by atoms with Crippen molar-refractivity contribution in [3.8, 4) is 0 Å². The van der Waals surface area contributed by atoms with E-state index in [9.17, 15) is 0 Å². The first kappa shape index (κ1) is 13.7. The smallest absolute Gasteiger partial charge is 0.227 e. The molecule has 1 fully saturated rings. The molecule has 0 bridgehead atoms. The van der Waals surface area contributed by atoms with Crippen LogP contribution in [0.25, 0.3) is 0 Å². The molecule has 0 saturated carbocycles. The molecule has 3 heterocycles. The average molecular weight is 300 g/mol. The summed E-state index contributed by atoms with van der Waals surface area (Å²) < 4.78 is 13.4. The van der Waals surface area contributed by atoms with E-state index in [1.54, 1.807) is 7.11 Å². The molecule has 1 spiro atoms. The third kappa shape index (κ3) is 1.94. The molecule has 2 aromatic rings. The monoisotopic (exact) mass is 300 g/mol. The van der Waals surface area contributed by atoms with Gasteiger partial charge in [0, 0.05) is 20.7 Å². The van der Waals surface area contributed by atoms with Crippen LogP contribution in [0.2, 0.25) is 0 Å². The van der Waals surface area contributed by atoms with Gasteiger partial charge in [-0.15, -0.1) is 10.2 Å². The van der Waals surface area contributed by atoms with Crippen LogP contribution in [-0.4, -0.2) is 35.0 Å². The second-order valence-electron chi connectivity index (χ2n) is 6.02. The Hall–Kier alpha value is -1.92. The number of ether oxygens (including phenoxy) is 2. The molecule has 6 nitrogen and oxygen atoms in total. The zero-order valence-corrected chi connectivity index (χ0v) is 13.0. The first-order valence-electron chi connectivity index (χ1n) is 7.58. The van der Waals surface area contributed by atoms with Crippen molar-refractivity contribution in [3.05, 3.63) is 41.2 Å². The Bertz CT molecular complexity index is 699. The van der Waals surface area contributed by atoms with Crippen LogP contribution >= 0.6 is 0 Å². The van der Waals surface area contributed by atoms with Crippen LogP contribution in [0.3, 0.4) is 0 Å². The van der Waals surface area contributed by atoms with Gasteiger partial charge >= 0.3 is 0 Å². The number of methoxy groups -OCH3 is 1. The normalized spacial score (nSPS) is 23.5. The van der Waals surface area contributed by atoms with Crippen LogP contribution in [0, 0.1) is 0 Å². The summed E-state index contributed by atoms with van der Waals surface area (Å²) in [5.74, 6) is 1.73. The molecule has 1 unspecified atom stereocenters. The summed E-state index contributed by atoms with van der Waals surface area (Å²) in [6.45, 7) is 2.93. The number of aromatic nitrogens is 3. The van der Waals surface area contributed by atoms with Gasteiger partial charge < -0.3 is 14.4 Å². The molecule has 2 aliphatic heterocycles.